The van der Waals surface area contributed by atoms with Crippen LogP contribution in [0.1, 0.15) is 11.4 Å². The summed E-state index contributed by atoms with van der Waals surface area (Å²) in [5.41, 5.74) is 1.29. The highest BCUT2D eigenvalue weighted by atomic mass is 15.2. The van der Waals surface area contributed by atoms with Crippen molar-refractivity contribution in [2.75, 3.05) is 6.54 Å². The van der Waals surface area contributed by atoms with Crippen molar-refractivity contribution in [2.45, 2.75) is 13.0 Å². The van der Waals surface area contributed by atoms with Gasteiger partial charge in [0, 0.05) is 44.3 Å². The van der Waals surface area contributed by atoms with E-state index in [2.05, 4.69) is 44.8 Å². The van der Waals surface area contributed by atoms with Gasteiger partial charge in [0.05, 0.1) is 0 Å². The van der Waals surface area contributed by atoms with Gasteiger partial charge in [0.25, 0.3) is 0 Å². The fourth-order valence-electron chi connectivity index (χ4n) is 2.30. The van der Waals surface area contributed by atoms with E-state index in [0.717, 1.165) is 25.3 Å². The summed E-state index contributed by atoms with van der Waals surface area (Å²) in [6.45, 7) is 1.73. The van der Waals surface area contributed by atoms with Crippen molar-refractivity contribution in [3.8, 4) is 0 Å². The number of hydrogen-bond acceptors (Lipinski definition) is 4. The molecule has 5 nitrogen and oxygen atoms in total. The second-order valence-electron chi connectivity index (χ2n) is 4.80. The van der Waals surface area contributed by atoms with Gasteiger partial charge >= 0.3 is 0 Å². The smallest absolute Gasteiger partial charge is 0.133 e. The molecule has 3 rings (SSSR count). The van der Waals surface area contributed by atoms with E-state index in [1.54, 1.807) is 6.33 Å². The second-order valence-corrected chi connectivity index (χ2v) is 4.80. The lowest BCUT2D eigenvalue weighted by Gasteiger charge is -2.08. The third kappa shape index (κ3) is 2.67. The Labute approximate surface area is 117 Å². The van der Waals surface area contributed by atoms with Gasteiger partial charge in [0.1, 0.15) is 12.2 Å². The molecule has 3 aromatic rings. The molecule has 0 amide bonds. The summed E-state index contributed by atoms with van der Waals surface area (Å²) in [5.74, 6) is 1.000. The van der Waals surface area contributed by atoms with Crippen LogP contribution in [0, 0.1) is 0 Å². The minimum Gasteiger partial charge on any atom is -0.321 e. The number of aryl methyl sites for hydroxylation is 1. The molecule has 2 heterocycles. The average Bonchev–Trinajstić information content (AvgIpc) is 2.89. The van der Waals surface area contributed by atoms with Gasteiger partial charge < -0.3 is 9.88 Å². The standard InChI is InChI=1S/C15H17N5/c1-20-11-18-19-15(20)6-8-17-10-13-4-2-3-12-9-16-7-5-14(12)13/h2-5,7,9,11,17H,6,8,10H2,1H3. The van der Waals surface area contributed by atoms with E-state index < -0.39 is 0 Å². The van der Waals surface area contributed by atoms with Crippen LogP contribution in [0.15, 0.2) is 43.0 Å². The third-order valence-electron chi connectivity index (χ3n) is 3.42. The molecule has 0 radical (unpaired) electrons. The molecule has 0 aliphatic rings. The topological polar surface area (TPSA) is 55.6 Å². The quantitative estimate of drug-likeness (QED) is 0.715. The molecule has 0 saturated heterocycles. The van der Waals surface area contributed by atoms with Gasteiger partial charge in [0.2, 0.25) is 0 Å². The molecular formula is C15H17N5. The average molecular weight is 267 g/mol. The Morgan fingerprint density at radius 3 is 3.05 bits per heavy atom. The van der Waals surface area contributed by atoms with Gasteiger partial charge in [-0.15, -0.1) is 10.2 Å². The SMILES string of the molecule is Cn1cnnc1CCNCc1cccc2cnccc12. The number of aromatic nitrogens is 4. The fourth-order valence-corrected chi connectivity index (χ4v) is 2.30. The van der Waals surface area contributed by atoms with E-state index in [-0.39, 0.29) is 0 Å². The van der Waals surface area contributed by atoms with Crippen molar-refractivity contribution >= 4 is 10.8 Å². The lowest BCUT2D eigenvalue weighted by atomic mass is 10.1. The van der Waals surface area contributed by atoms with Gasteiger partial charge in [-0.1, -0.05) is 18.2 Å². The summed E-state index contributed by atoms with van der Waals surface area (Å²) in [7, 11) is 1.97. The van der Waals surface area contributed by atoms with E-state index in [1.165, 1.54) is 16.3 Å². The summed E-state index contributed by atoms with van der Waals surface area (Å²) in [4.78, 5) is 4.16. The molecule has 5 heteroatoms. The zero-order chi connectivity index (χ0) is 13.8. The van der Waals surface area contributed by atoms with Gasteiger partial charge in [-0.25, -0.2) is 0 Å². The molecule has 2 aromatic heterocycles. The fraction of sp³-hybridized carbons (Fsp3) is 0.267. The molecule has 0 unspecified atom stereocenters. The van der Waals surface area contributed by atoms with Crippen molar-refractivity contribution in [1.82, 2.24) is 25.1 Å². The molecule has 20 heavy (non-hydrogen) atoms. The van der Waals surface area contributed by atoms with E-state index in [0.29, 0.717) is 0 Å². The van der Waals surface area contributed by atoms with Crippen LogP contribution < -0.4 is 5.32 Å². The van der Waals surface area contributed by atoms with Crippen LogP contribution in [0.2, 0.25) is 0 Å². The lowest BCUT2D eigenvalue weighted by Crippen LogP contribution is -2.18. The molecule has 0 aliphatic carbocycles. The molecule has 1 N–H and O–H groups in total. The molecule has 0 bridgehead atoms. The van der Waals surface area contributed by atoms with Crippen LogP contribution in [0.3, 0.4) is 0 Å². The molecular weight excluding hydrogens is 250 g/mol. The molecule has 0 atom stereocenters. The van der Waals surface area contributed by atoms with Crippen LogP contribution in [-0.4, -0.2) is 26.3 Å². The molecule has 0 fully saturated rings. The number of rotatable bonds is 5. The molecule has 1 aromatic carbocycles. The van der Waals surface area contributed by atoms with Crippen molar-refractivity contribution in [1.29, 1.82) is 0 Å². The number of nitrogens with zero attached hydrogens (tertiary/aromatic N) is 4. The van der Waals surface area contributed by atoms with E-state index >= 15 is 0 Å². The number of benzene rings is 1. The Bertz CT molecular complexity index is 699. The molecule has 102 valence electrons. The largest absolute Gasteiger partial charge is 0.321 e. The minimum atomic E-state index is 0.846. The van der Waals surface area contributed by atoms with Gasteiger partial charge in [-0.2, -0.15) is 0 Å². The number of hydrogen-bond donors (Lipinski definition) is 1. The first-order valence-corrected chi connectivity index (χ1v) is 6.70. The summed E-state index contributed by atoms with van der Waals surface area (Å²) in [6, 6.07) is 8.38. The van der Waals surface area contributed by atoms with Crippen molar-refractivity contribution < 1.29 is 0 Å². The first-order valence-electron chi connectivity index (χ1n) is 6.70. The van der Waals surface area contributed by atoms with Gasteiger partial charge in [0.15, 0.2) is 0 Å². The summed E-state index contributed by atoms with van der Waals surface area (Å²) in [5, 5.41) is 13.8. The highest BCUT2D eigenvalue weighted by molar-refractivity contribution is 5.84. The zero-order valence-electron chi connectivity index (χ0n) is 11.5. The predicted molar refractivity (Wildman–Crippen MR) is 78.2 cm³/mol. The van der Waals surface area contributed by atoms with E-state index in [1.807, 2.05) is 24.0 Å². The summed E-state index contributed by atoms with van der Waals surface area (Å²) < 4.78 is 1.95. The first kappa shape index (κ1) is 12.7. The Kier molecular flexibility index (Phi) is 3.69. The summed E-state index contributed by atoms with van der Waals surface area (Å²) in [6.07, 6.45) is 6.35. The van der Waals surface area contributed by atoms with E-state index in [4.69, 9.17) is 0 Å². The van der Waals surface area contributed by atoms with Crippen LogP contribution in [0.5, 0.6) is 0 Å². The zero-order valence-corrected chi connectivity index (χ0v) is 11.5. The Hall–Kier alpha value is -2.27. The highest BCUT2D eigenvalue weighted by Crippen LogP contribution is 2.16. The molecule has 0 aliphatic heterocycles. The van der Waals surface area contributed by atoms with Crippen molar-refractivity contribution in [3.63, 3.8) is 0 Å². The first-order chi connectivity index (χ1) is 9.84. The Morgan fingerprint density at radius 2 is 2.20 bits per heavy atom. The number of fused-ring (bicyclic) bond motifs is 1. The van der Waals surface area contributed by atoms with Crippen LogP contribution in [-0.2, 0) is 20.0 Å². The third-order valence-corrected chi connectivity index (χ3v) is 3.42. The normalized spacial score (nSPS) is 11.1. The maximum Gasteiger partial charge on any atom is 0.133 e. The lowest BCUT2D eigenvalue weighted by molar-refractivity contribution is 0.655. The van der Waals surface area contributed by atoms with Crippen molar-refractivity contribution in [2.24, 2.45) is 7.05 Å². The molecule has 0 saturated carbocycles. The minimum absolute atomic E-state index is 0.846. The Morgan fingerprint density at radius 1 is 1.25 bits per heavy atom. The van der Waals surface area contributed by atoms with Crippen LogP contribution >= 0.6 is 0 Å². The Balaban J connectivity index is 1.62. The monoisotopic (exact) mass is 267 g/mol. The maximum atomic E-state index is 4.16. The van der Waals surface area contributed by atoms with Gasteiger partial charge in [-0.3, -0.25) is 4.98 Å². The molecule has 0 spiro atoms. The number of pyridine rings is 1. The van der Waals surface area contributed by atoms with Crippen LogP contribution in [0.25, 0.3) is 10.8 Å². The maximum absolute atomic E-state index is 4.16. The van der Waals surface area contributed by atoms with E-state index in [9.17, 15) is 0 Å². The highest BCUT2D eigenvalue weighted by Gasteiger charge is 2.02. The van der Waals surface area contributed by atoms with Gasteiger partial charge in [-0.05, 0) is 17.0 Å². The number of nitrogens with one attached hydrogen (secondary N) is 1. The van der Waals surface area contributed by atoms with Crippen molar-refractivity contribution in [3.05, 3.63) is 54.4 Å². The second kappa shape index (κ2) is 5.79. The predicted octanol–water partition coefficient (Wildman–Crippen LogP) is 1.70. The van der Waals surface area contributed by atoms with Crippen LogP contribution in [0.4, 0.5) is 0 Å². The summed E-state index contributed by atoms with van der Waals surface area (Å²) >= 11 is 0.